The maximum absolute atomic E-state index is 12.1. The summed E-state index contributed by atoms with van der Waals surface area (Å²) in [4.78, 5) is 10.8. The largest absolute Gasteiger partial charge is 0.298 e. The molecule has 0 spiro atoms. The predicted octanol–water partition coefficient (Wildman–Crippen LogP) is 2.78. The molecule has 0 heterocycles. The fourth-order valence-corrected chi connectivity index (χ4v) is 1.14. The molecule has 0 unspecified atom stereocenters. The van der Waals surface area contributed by atoms with Crippen LogP contribution in [0.5, 0.6) is 0 Å². The molecule has 0 bridgehead atoms. The zero-order valence-corrected chi connectivity index (χ0v) is 6.82. The number of benzene rings is 1. The van der Waals surface area contributed by atoms with Crippen molar-refractivity contribution in [2.45, 2.75) is 11.8 Å². The highest BCUT2D eigenvalue weighted by atomic mass is 32.2. The van der Waals surface area contributed by atoms with E-state index in [0.29, 0.717) is 16.7 Å². The van der Waals surface area contributed by atoms with Gasteiger partial charge in [0.05, 0.1) is 12.1 Å². The van der Waals surface area contributed by atoms with E-state index in [0.717, 1.165) is 5.56 Å². The van der Waals surface area contributed by atoms with E-state index in [-0.39, 0.29) is 12.1 Å². The van der Waals surface area contributed by atoms with Gasteiger partial charge >= 0.3 is 0 Å². The molecule has 0 aliphatic heterocycles. The Labute approximate surface area is 68.9 Å². The van der Waals surface area contributed by atoms with Gasteiger partial charge in [-0.05, 0) is 18.6 Å². The Morgan fingerprint density at radius 3 is 2.82 bits per heavy atom. The zero-order chi connectivity index (χ0) is 8.27. The third kappa shape index (κ3) is 1.80. The SMILES string of the molecule is Cc1ccc(C=O)cc1SF. The summed E-state index contributed by atoms with van der Waals surface area (Å²) in [6.45, 7) is 1.80. The van der Waals surface area contributed by atoms with Crippen molar-refractivity contribution in [2.75, 3.05) is 0 Å². The summed E-state index contributed by atoms with van der Waals surface area (Å²) in [5.41, 5.74) is 1.36. The first-order valence-electron chi connectivity index (χ1n) is 3.12. The number of halogens is 1. The van der Waals surface area contributed by atoms with E-state index in [4.69, 9.17) is 0 Å². The first-order chi connectivity index (χ1) is 5.27. The van der Waals surface area contributed by atoms with E-state index in [1.165, 1.54) is 6.07 Å². The molecule has 1 aromatic carbocycles. The maximum Gasteiger partial charge on any atom is 0.150 e. The van der Waals surface area contributed by atoms with Crippen molar-refractivity contribution in [3.8, 4) is 0 Å². The molecule has 0 atom stereocenters. The van der Waals surface area contributed by atoms with Gasteiger partial charge in [-0.2, -0.15) is 3.89 Å². The van der Waals surface area contributed by atoms with Crippen molar-refractivity contribution in [3.05, 3.63) is 29.3 Å². The molecule has 1 rings (SSSR count). The molecule has 58 valence electrons. The molecule has 0 saturated heterocycles. The van der Waals surface area contributed by atoms with Gasteiger partial charge in [0.1, 0.15) is 6.29 Å². The highest BCUT2D eigenvalue weighted by molar-refractivity contribution is 7.94. The maximum atomic E-state index is 12.1. The number of aldehydes is 1. The summed E-state index contributed by atoms with van der Waals surface area (Å²) in [7, 11) is 0. The Morgan fingerprint density at radius 1 is 1.55 bits per heavy atom. The van der Waals surface area contributed by atoms with Crippen LogP contribution in [0.25, 0.3) is 0 Å². The van der Waals surface area contributed by atoms with Crippen molar-refractivity contribution in [2.24, 2.45) is 0 Å². The van der Waals surface area contributed by atoms with Crippen LogP contribution in [0.1, 0.15) is 15.9 Å². The molecule has 0 radical (unpaired) electrons. The smallest absolute Gasteiger partial charge is 0.150 e. The zero-order valence-electron chi connectivity index (χ0n) is 6.00. The summed E-state index contributed by atoms with van der Waals surface area (Å²) in [6.07, 6.45) is 0.707. The van der Waals surface area contributed by atoms with Crippen LogP contribution in [-0.4, -0.2) is 6.29 Å². The van der Waals surface area contributed by atoms with Gasteiger partial charge in [-0.25, -0.2) is 0 Å². The highest BCUT2D eigenvalue weighted by Gasteiger charge is 1.99. The Hall–Kier alpha value is -0.830. The standard InChI is InChI=1S/C8H7FOS/c1-6-2-3-7(5-10)4-8(6)11-9/h2-5H,1H3. The first-order valence-corrected chi connectivity index (χ1v) is 3.84. The van der Waals surface area contributed by atoms with E-state index in [2.05, 4.69) is 0 Å². The van der Waals surface area contributed by atoms with Gasteiger partial charge in [0.15, 0.2) is 0 Å². The van der Waals surface area contributed by atoms with E-state index in [1.54, 1.807) is 19.1 Å². The lowest BCUT2D eigenvalue weighted by Crippen LogP contribution is -1.82. The van der Waals surface area contributed by atoms with Crippen molar-refractivity contribution < 1.29 is 8.68 Å². The third-order valence-electron chi connectivity index (χ3n) is 1.43. The van der Waals surface area contributed by atoms with Crippen molar-refractivity contribution in [1.82, 2.24) is 0 Å². The molecule has 0 aromatic heterocycles. The second-order valence-corrected chi connectivity index (χ2v) is 2.81. The molecule has 0 fully saturated rings. The molecular formula is C8H7FOS. The highest BCUT2D eigenvalue weighted by Crippen LogP contribution is 2.23. The second kappa shape index (κ2) is 3.53. The van der Waals surface area contributed by atoms with E-state index in [1.807, 2.05) is 0 Å². The fourth-order valence-electron chi connectivity index (χ4n) is 0.773. The molecule has 0 aliphatic carbocycles. The minimum Gasteiger partial charge on any atom is -0.298 e. The third-order valence-corrected chi connectivity index (χ3v) is 2.04. The quantitative estimate of drug-likeness (QED) is 0.635. The Balaban J connectivity index is 3.12. The lowest BCUT2D eigenvalue weighted by atomic mass is 10.2. The average molecular weight is 170 g/mol. The minimum atomic E-state index is 0.166. The molecule has 1 aromatic rings. The summed E-state index contributed by atoms with van der Waals surface area (Å²) in [6, 6.07) is 4.93. The van der Waals surface area contributed by atoms with Crippen LogP contribution in [-0.2, 0) is 0 Å². The second-order valence-electron chi connectivity index (χ2n) is 2.22. The van der Waals surface area contributed by atoms with Crippen molar-refractivity contribution in [3.63, 3.8) is 0 Å². The minimum absolute atomic E-state index is 0.166. The molecular weight excluding hydrogens is 163 g/mol. The molecule has 1 nitrogen and oxygen atoms in total. The van der Waals surface area contributed by atoms with Crippen LogP contribution in [0.4, 0.5) is 3.89 Å². The number of carbonyl (C=O) groups is 1. The van der Waals surface area contributed by atoms with Gasteiger partial charge < -0.3 is 0 Å². The summed E-state index contributed by atoms with van der Waals surface area (Å²) < 4.78 is 12.1. The van der Waals surface area contributed by atoms with E-state index >= 15 is 0 Å². The molecule has 11 heavy (non-hydrogen) atoms. The topological polar surface area (TPSA) is 17.1 Å². The average Bonchev–Trinajstić information content (AvgIpc) is 2.05. The Morgan fingerprint density at radius 2 is 2.27 bits per heavy atom. The predicted molar refractivity (Wildman–Crippen MR) is 43.5 cm³/mol. The van der Waals surface area contributed by atoms with Gasteiger partial charge in [-0.15, -0.1) is 0 Å². The molecule has 0 saturated carbocycles. The number of rotatable bonds is 2. The number of hydrogen-bond donors (Lipinski definition) is 0. The summed E-state index contributed by atoms with van der Waals surface area (Å²) >= 11 is 0.166. The van der Waals surface area contributed by atoms with Crippen LogP contribution in [0, 0.1) is 6.92 Å². The van der Waals surface area contributed by atoms with Crippen LogP contribution in [0.15, 0.2) is 23.1 Å². The molecule has 0 N–H and O–H groups in total. The lowest BCUT2D eigenvalue weighted by Gasteiger charge is -1.98. The van der Waals surface area contributed by atoms with Gasteiger partial charge in [-0.1, -0.05) is 12.1 Å². The van der Waals surface area contributed by atoms with Gasteiger partial charge in [0.2, 0.25) is 0 Å². The van der Waals surface area contributed by atoms with Crippen molar-refractivity contribution in [1.29, 1.82) is 0 Å². The van der Waals surface area contributed by atoms with Gasteiger partial charge in [0.25, 0.3) is 0 Å². The van der Waals surface area contributed by atoms with Crippen molar-refractivity contribution >= 4 is 18.4 Å². The number of carbonyl (C=O) groups excluding carboxylic acids is 1. The number of hydrogen-bond acceptors (Lipinski definition) is 2. The number of aryl methyl sites for hydroxylation is 1. The summed E-state index contributed by atoms with van der Waals surface area (Å²) in [5.74, 6) is 0. The van der Waals surface area contributed by atoms with Crippen LogP contribution >= 0.6 is 12.1 Å². The van der Waals surface area contributed by atoms with Crippen LogP contribution < -0.4 is 0 Å². The van der Waals surface area contributed by atoms with Crippen LogP contribution in [0.3, 0.4) is 0 Å². The fraction of sp³-hybridized carbons (Fsp3) is 0.125. The van der Waals surface area contributed by atoms with E-state index < -0.39 is 0 Å². The Bertz CT molecular complexity index is 273. The van der Waals surface area contributed by atoms with Gasteiger partial charge in [0, 0.05) is 10.5 Å². The van der Waals surface area contributed by atoms with E-state index in [9.17, 15) is 8.68 Å². The first kappa shape index (κ1) is 8.27. The molecule has 0 amide bonds. The lowest BCUT2D eigenvalue weighted by molar-refractivity contribution is 0.112. The van der Waals surface area contributed by atoms with Crippen LogP contribution in [0.2, 0.25) is 0 Å². The monoisotopic (exact) mass is 170 g/mol. The molecule has 3 heteroatoms. The Kier molecular flexibility index (Phi) is 2.65. The molecule has 0 aliphatic rings. The normalized spacial score (nSPS) is 9.64. The van der Waals surface area contributed by atoms with Gasteiger partial charge in [-0.3, -0.25) is 4.79 Å². The summed E-state index contributed by atoms with van der Waals surface area (Å²) in [5, 5.41) is 0.